The number of anilines is 2. The predicted molar refractivity (Wildman–Crippen MR) is 50.1 cm³/mol. The number of benzene rings is 1. The van der Waals surface area contributed by atoms with E-state index in [2.05, 4.69) is 10.1 Å². The number of nitrogens with zero attached hydrogens (tertiary/aromatic N) is 3. The summed E-state index contributed by atoms with van der Waals surface area (Å²) in [6, 6.07) is 5.85. The molecule has 14 heavy (non-hydrogen) atoms. The third-order valence-electron chi connectivity index (χ3n) is 1.70. The summed E-state index contributed by atoms with van der Waals surface area (Å²) in [6.07, 6.45) is 0. The van der Waals surface area contributed by atoms with Crippen LogP contribution in [0.5, 0.6) is 0 Å². The van der Waals surface area contributed by atoms with Gasteiger partial charge in [-0.15, -0.1) is 5.10 Å². The van der Waals surface area contributed by atoms with Gasteiger partial charge in [0.05, 0.1) is 5.69 Å². The second-order valence-electron chi connectivity index (χ2n) is 2.72. The van der Waals surface area contributed by atoms with E-state index < -0.39 is 0 Å². The third-order valence-corrected chi connectivity index (χ3v) is 1.70. The zero-order valence-electron chi connectivity index (χ0n) is 7.18. The van der Waals surface area contributed by atoms with Crippen molar-refractivity contribution in [1.82, 2.24) is 14.8 Å². The Balaban J connectivity index is 2.54. The van der Waals surface area contributed by atoms with Crippen LogP contribution >= 0.6 is 0 Å². The molecule has 0 amide bonds. The molecular formula is C8H8FN5. The van der Waals surface area contributed by atoms with E-state index in [9.17, 15) is 4.39 Å². The topological polar surface area (TPSA) is 82.7 Å². The molecule has 0 aliphatic carbocycles. The van der Waals surface area contributed by atoms with Gasteiger partial charge in [-0.2, -0.15) is 9.67 Å². The molecule has 2 aromatic rings. The van der Waals surface area contributed by atoms with Gasteiger partial charge in [0.2, 0.25) is 11.9 Å². The maximum absolute atomic E-state index is 12.9. The summed E-state index contributed by atoms with van der Waals surface area (Å²) in [7, 11) is 0. The highest BCUT2D eigenvalue weighted by Gasteiger charge is 2.06. The molecule has 0 radical (unpaired) electrons. The van der Waals surface area contributed by atoms with Gasteiger partial charge in [-0.1, -0.05) is 6.07 Å². The minimum atomic E-state index is -0.365. The highest BCUT2D eigenvalue weighted by Crippen LogP contribution is 2.12. The van der Waals surface area contributed by atoms with E-state index in [4.69, 9.17) is 11.5 Å². The van der Waals surface area contributed by atoms with Gasteiger partial charge < -0.3 is 11.5 Å². The van der Waals surface area contributed by atoms with Crippen LogP contribution in [0.4, 0.5) is 16.3 Å². The lowest BCUT2D eigenvalue weighted by Gasteiger charge is -2.01. The SMILES string of the molecule is Nc1nc(N)n(-c2cccc(F)c2)n1. The summed E-state index contributed by atoms with van der Waals surface area (Å²) in [5.41, 5.74) is 11.3. The van der Waals surface area contributed by atoms with Gasteiger partial charge in [0.25, 0.3) is 0 Å². The fourth-order valence-corrected chi connectivity index (χ4v) is 1.14. The van der Waals surface area contributed by atoms with Crippen LogP contribution < -0.4 is 11.5 Å². The first-order chi connectivity index (χ1) is 6.66. The minimum absolute atomic E-state index is 0.0618. The molecular weight excluding hydrogens is 185 g/mol. The Bertz CT molecular complexity index is 465. The molecule has 0 aliphatic rings. The molecule has 0 saturated heterocycles. The molecule has 6 heteroatoms. The molecule has 1 aromatic heterocycles. The summed E-state index contributed by atoms with van der Waals surface area (Å²) >= 11 is 0. The number of hydrogen-bond donors (Lipinski definition) is 2. The highest BCUT2D eigenvalue weighted by atomic mass is 19.1. The van der Waals surface area contributed by atoms with Crippen molar-refractivity contribution in [2.75, 3.05) is 11.5 Å². The van der Waals surface area contributed by atoms with Gasteiger partial charge in [0, 0.05) is 0 Å². The van der Waals surface area contributed by atoms with Crippen molar-refractivity contribution in [3.05, 3.63) is 30.1 Å². The Labute approximate surface area is 79.2 Å². The summed E-state index contributed by atoms with van der Waals surface area (Å²) < 4.78 is 14.1. The Morgan fingerprint density at radius 1 is 1.29 bits per heavy atom. The number of rotatable bonds is 1. The Hall–Kier alpha value is -2.11. The molecule has 0 aliphatic heterocycles. The van der Waals surface area contributed by atoms with Gasteiger partial charge in [-0.05, 0) is 18.2 Å². The fourth-order valence-electron chi connectivity index (χ4n) is 1.14. The Kier molecular flexibility index (Phi) is 1.81. The first kappa shape index (κ1) is 8.49. The quantitative estimate of drug-likeness (QED) is 0.693. The maximum atomic E-state index is 12.9. The van der Waals surface area contributed by atoms with Crippen LogP contribution in [0.2, 0.25) is 0 Å². The van der Waals surface area contributed by atoms with E-state index in [0.29, 0.717) is 5.69 Å². The summed E-state index contributed by atoms with van der Waals surface area (Å²) in [6.45, 7) is 0. The van der Waals surface area contributed by atoms with Crippen LogP contribution in [-0.2, 0) is 0 Å². The molecule has 5 nitrogen and oxygen atoms in total. The van der Waals surface area contributed by atoms with Gasteiger partial charge in [-0.3, -0.25) is 0 Å². The summed E-state index contributed by atoms with van der Waals surface area (Å²) in [5, 5.41) is 3.81. The van der Waals surface area contributed by atoms with Crippen LogP contribution in [0, 0.1) is 5.82 Å². The summed E-state index contributed by atoms with van der Waals surface area (Å²) in [4.78, 5) is 3.70. The average Bonchev–Trinajstić information content (AvgIpc) is 2.45. The third kappa shape index (κ3) is 1.37. The van der Waals surface area contributed by atoms with Gasteiger partial charge in [0.15, 0.2) is 0 Å². The smallest absolute Gasteiger partial charge is 0.241 e. The lowest BCUT2D eigenvalue weighted by Crippen LogP contribution is -2.02. The summed E-state index contributed by atoms with van der Waals surface area (Å²) in [5.74, 6) is -0.171. The monoisotopic (exact) mass is 193 g/mol. The highest BCUT2D eigenvalue weighted by molar-refractivity contribution is 5.40. The lowest BCUT2D eigenvalue weighted by molar-refractivity contribution is 0.625. The zero-order chi connectivity index (χ0) is 10.1. The number of halogens is 1. The van der Waals surface area contributed by atoms with Crippen molar-refractivity contribution >= 4 is 11.9 Å². The Morgan fingerprint density at radius 3 is 2.64 bits per heavy atom. The van der Waals surface area contributed by atoms with E-state index >= 15 is 0 Å². The molecule has 0 unspecified atom stereocenters. The van der Waals surface area contributed by atoms with Gasteiger partial charge >= 0.3 is 0 Å². The van der Waals surface area contributed by atoms with Gasteiger partial charge in [0.1, 0.15) is 5.82 Å². The number of aromatic nitrogens is 3. The van der Waals surface area contributed by atoms with Crippen LogP contribution in [0.1, 0.15) is 0 Å². The van der Waals surface area contributed by atoms with E-state index in [0.717, 1.165) is 0 Å². The van der Waals surface area contributed by atoms with Crippen molar-refractivity contribution in [1.29, 1.82) is 0 Å². The van der Waals surface area contributed by atoms with Crippen LogP contribution in [-0.4, -0.2) is 14.8 Å². The molecule has 72 valence electrons. The number of hydrogen-bond acceptors (Lipinski definition) is 4. The first-order valence-electron chi connectivity index (χ1n) is 3.91. The second-order valence-corrected chi connectivity index (χ2v) is 2.72. The normalized spacial score (nSPS) is 10.4. The molecule has 1 aromatic carbocycles. The lowest BCUT2D eigenvalue weighted by atomic mass is 10.3. The molecule has 4 N–H and O–H groups in total. The van der Waals surface area contributed by atoms with E-state index in [1.54, 1.807) is 12.1 Å². The fraction of sp³-hybridized carbons (Fsp3) is 0. The molecule has 0 spiro atoms. The largest absolute Gasteiger partial charge is 0.368 e. The average molecular weight is 193 g/mol. The predicted octanol–water partition coefficient (Wildman–Crippen LogP) is 0.571. The molecule has 0 bridgehead atoms. The van der Waals surface area contributed by atoms with Crippen molar-refractivity contribution in [3.63, 3.8) is 0 Å². The molecule has 0 fully saturated rings. The van der Waals surface area contributed by atoms with Crippen LogP contribution in [0.3, 0.4) is 0 Å². The number of nitrogen functional groups attached to an aromatic ring is 2. The van der Waals surface area contributed by atoms with Crippen molar-refractivity contribution in [2.45, 2.75) is 0 Å². The van der Waals surface area contributed by atoms with E-state index in [1.807, 2.05) is 0 Å². The van der Waals surface area contributed by atoms with Crippen LogP contribution in [0.15, 0.2) is 24.3 Å². The van der Waals surface area contributed by atoms with Crippen molar-refractivity contribution in [3.8, 4) is 5.69 Å². The zero-order valence-corrected chi connectivity index (χ0v) is 7.18. The molecule has 0 atom stereocenters. The van der Waals surface area contributed by atoms with Crippen molar-refractivity contribution in [2.24, 2.45) is 0 Å². The maximum Gasteiger partial charge on any atom is 0.241 e. The minimum Gasteiger partial charge on any atom is -0.368 e. The second kappa shape index (κ2) is 2.99. The molecule has 1 heterocycles. The first-order valence-corrected chi connectivity index (χ1v) is 3.91. The molecule has 0 saturated carbocycles. The molecule has 2 rings (SSSR count). The van der Waals surface area contributed by atoms with Gasteiger partial charge in [-0.25, -0.2) is 4.39 Å². The van der Waals surface area contributed by atoms with E-state index in [1.165, 1.54) is 16.8 Å². The standard InChI is InChI=1S/C8H8FN5/c9-5-2-1-3-6(4-5)14-8(11)12-7(10)13-14/h1-4H,(H4,10,11,12,13). The Morgan fingerprint density at radius 2 is 2.07 bits per heavy atom. The van der Waals surface area contributed by atoms with Crippen molar-refractivity contribution < 1.29 is 4.39 Å². The van der Waals surface area contributed by atoms with E-state index in [-0.39, 0.29) is 17.7 Å². The number of nitrogens with two attached hydrogens (primary N) is 2. The van der Waals surface area contributed by atoms with Crippen LogP contribution in [0.25, 0.3) is 5.69 Å².